The van der Waals surface area contributed by atoms with Crippen LogP contribution in [0, 0.1) is 23.2 Å². The third kappa shape index (κ3) is 7.18. The minimum atomic E-state index is -2.73. The Hall–Kier alpha value is -2.93. The van der Waals surface area contributed by atoms with Crippen LogP contribution in [0.1, 0.15) is 58.2 Å². The molecule has 13 heteroatoms. The van der Waals surface area contributed by atoms with Crippen molar-refractivity contribution in [3.63, 3.8) is 0 Å². The standard InChI is InChI=1S/C26H40F2N8O3/c1-16-7-8-18(13-26(16,27)28)14-36(15-35-9-11-39-12-10-35)20-22(30-3)33-24(21(29)32-25(37)38)34-23(20)31-17(2)19-5-4-6-19/h16-19H,3-15H2,1-2H3,(H2,29,32)(H,37,38)(H,31,33,34)/t16?,17-,18?/m1/s1. The lowest BCUT2D eigenvalue weighted by molar-refractivity contribution is -0.0943. The zero-order chi connectivity index (χ0) is 28.2. The number of aromatic nitrogens is 2. The number of aliphatic imine (C=N–C) groups is 1. The fourth-order valence-electron chi connectivity index (χ4n) is 5.55. The third-order valence-corrected chi connectivity index (χ3v) is 8.25. The maximum atomic E-state index is 14.7. The van der Waals surface area contributed by atoms with Crippen molar-refractivity contribution in [2.45, 2.75) is 64.3 Å². The van der Waals surface area contributed by atoms with E-state index in [9.17, 15) is 13.6 Å². The maximum absolute atomic E-state index is 14.7. The zero-order valence-electron chi connectivity index (χ0n) is 22.8. The number of halogens is 2. The number of morpholine rings is 1. The fraction of sp³-hybridized carbons (Fsp3) is 0.731. The van der Waals surface area contributed by atoms with Gasteiger partial charge in [0.1, 0.15) is 5.69 Å². The van der Waals surface area contributed by atoms with Crippen molar-refractivity contribution in [3.8, 4) is 0 Å². The zero-order valence-corrected chi connectivity index (χ0v) is 22.8. The lowest BCUT2D eigenvalue weighted by atomic mass is 9.79. The molecule has 2 heterocycles. The molecule has 3 aliphatic rings. The van der Waals surface area contributed by atoms with Gasteiger partial charge in [-0.15, -0.1) is 0 Å². The molecule has 1 aromatic heterocycles. The molecule has 3 fully saturated rings. The first kappa shape index (κ1) is 29.1. The van der Waals surface area contributed by atoms with Gasteiger partial charge >= 0.3 is 6.09 Å². The van der Waals surface area contributed by atoms with Crippen molar-refractivity contribution >= 4 is 36.0 Å². The number of hydrogen-bond donors (Lipinski definition) is 4. The highest BCUT2D eigenvalue weighted by molar-refractivity contribution is 6.02. The Kier molecular flexibility index (Phi) is 9.31. The van der Waals surface area contributed by atoms with E-state index in [-0.39, 0.29) is 30.0 Å². The molecule has 0 spiro atoms. The molecule has 1 aromatic rings. The average molecular weight is 551 g/mol. The summed E-state index contributed by atoms with van der Waals surface area (Å²) in [6.07, 6.45) is 2.85. The first-order chi connectivity index (χ1) is 18.6. The molecule has 1 aliphatic heterocycles. The Morgan fingerprint density at radius 1 is 1.31 bits per heavy atom. The van der Waals surface area contributed by atoms with E-state index in [1.807, 2.05) is 10.2 Å². The number of nitrogens with zero attached hydrogens (tertiary/aromatic N) is 5. The van der Waals surface area contributed by atoms with Gasteiger partial charge in [-0.1, -0.05) is 13.3 Å². The van der Waals surface area contributed by atoms with E-state index in [0.717, 1.165) is 19.3 Å². The highest BCUT2D eigenvalue weighted by Gasteiger charge is 2.43. The minimum Gasteiger partial charge on any atom is -0.465 e. The summed E-state index contributed by atoms with van der Waals surface area (Å²) in [5, 5.41) is 22.8. The highest BCUT2D eigenvalue weighted by atomic mass is 19.3. The van der Waals surface area contributed by atoms with Crippen LogP contribution in [-0.4, -0.2) is 90.1 Å². The molecule has 216 valence electrons. The van der Waals surface area contributed by atoms with Crippen LogP contribution in [0.2, 0.25) is 0 Å². The van der Waals surface area contributed by atoms with Crippen molar-refractivity contribution in [2.75, 3.05) is 49.7 Å². The predicted molar refractivity (Wildman–Crippen MR) is 146 cm³/mol. The van der Waals surface area contributed by atoms with Gasteiger partial charge in [0.05, 0.1) is 19.9 Å². The van der Waals surface area contributed by atoms with Crippen LogP contribution in [0.25, 0.3) is 0 Å². The molecular formula is C26H40F2N8O3. The molecule has 3 atom stereocenters. The Labute approximate surface area is 227 Å². The number of hydrogen-bond acceptors (Lipinski definition) is 9. The first-order valence-electron chi connectivity index (χ1n) is 13.7. The summed E-state index contributed by atoms with van der Waals surface area (Å²) in [5.41, 5.74) is 0.525. The number of alkyl halides is 2. The van der Waals surface area contributed by atoms with E-state index in [1.165, 1.54) is 0 Å². The number of carbonyl (C=O) groups is 1. The number of amidine groups is 1. The smallest absolute Gasteiger partial charge is 0.410 e. The topological polar surface area (TPSA) is 139 Å². The Bertz CT molecular complexity index is 1050. The van der Waals surface area contributed by atoms with Gasteiger partial charge in [-0.25, -0.2) is 28.5 Å². The van der Waals surface area contributed by atoms with Crippen molar-refractivity contribution in [1.82, 2.24) is 20.2 Å². The molecule has 0 radical (unpaired) electrons. The quantitative estimate of drug-likeness (QED) is 0.252. The van der Waals surface area contributed by atoms with Gasteiger partial charge in [0, 0.05) is 38.0 Å². The number of amides is 1. The molecule has 2 unspecified atom stereocenters. The molecule has 1 amide bonds. The van der Waals surface area contributed by atoms with Gasteiger partial charge in [0.25, 0.3) is 5.92 Å². The average Bonchev–Trinajstić information content (AvgIpc) is 2.84. The molecule has 2 aliphatic carbocycles. The van der Waals surface area contributed by atoms with Crippen molar-refractivity contribution < 1.29 is 23.4 Å². The van der Waals surface area contributed by atoms with E-state index in [0.29, 0.717) is 69.8 Å². The lowest BCUT2D eigenvalue weighted by Crippen LogP contribution is -2.47. The molecule has 0 bridgehead atoms. The van der Waals surface area contributed by atoms with Crippen LogP contribution in [-0.2, 0) is 4.74 Å². The summed E-state index contributed by atoms with van der Waals surface area (Å²) in [6, 6.07) is 0.0460. The summed E-state index contributed by atoms with van der Waals surface area (Å²) in [5.74, 6) is -3.26. The maximum Gasteiger partial charge on any atom is 0.410 e. The van der Waals surface area contributed by atoms with Crippen LogP contribution in [0.5, 0.6) is 0 Å². The van der Waals surface area contributed by atoms with Gasteiger partial charge in [0.2, 0.25) is 0 Å². The van der Waals surface area contributed by atoms with E-state index in [2.05, 4.69) is 38.8 Å². The SMILES string of the molecule is C=Nc1nc(C(=N)NC(=O)O)nc(N[C@H](C)C2CCC2)c1N(CC1CCC(C)C(F)(F)C1)CN1CCOCC1. The lowest BCUT2D eigenvalue weighted by Gasteiger charge is -2.40. The van der Waals surface area contributed by atoms with E-state index >= 15 is 0 Å². The largest absolute Gasteiger partial charge is 0.465 e. The summed E-state index contributed by atoms with van der Waals surface area (Å²) >= 11 is 0. The third-order valence-electron chi connectivity index (χ3n) is 8.25. The van der Waals surface area contributed by atoms with Gasteiger partial charge in [-0.3, -0.25) is 15.6 Å². The Balaban J connectivity index is 1.73. The number of carboxylic acid groups (broad SMARTS) is 1. The van der Waals surface area contributed by atoms with Crippen LogP contribution in [0.4, 0.5) is 30.9 Å². The molecule has 1 saturated heterocycles. The highest BCUT2D eigenvalue weighted by Crippen LogP contribution is 2.43. The Morgan fingerprint density at radius 3 is 2.62 bits per heavy atom. The van der Waals surface area contributed by atoms with Gasteiger partial charge in [0.15, 0.2) is 23.3 Å². The van der Waals surface area contributed by atoms with Gasteiger partial charge < -0.3 is 20.1 Å². The second-order valence-electron chi connectivity index (χ2n) is 11.1. The normalized spacial score (nSPS) is 24.3. The second kappa shape index (κ2) is 12.5. The predicted octanol–water partition coefficient (Wildman–Crippen LogP) is 4.17. The molecule has 4 N–H and O–H groups in total. The van der Waals surface area contributed by atoms with Crippen LogP contribution in [0.15, 0.2) is 4.99 Å². The summed E-state index contributed by atoms with van der Waals surface area (Å²) < 4.78 is 35.0. The number of anilines is 2. The molecule has 11 nitrogen and oxygen atoms in total. The van der Waals surface area contributed by atoms with Gasteiger partial charge in [-0.2, -0.15) is 0 Å². The monoisotopic (exact) mass is 550 g/mol. The van der Waals surface area contributed by atoms with Crippen LogP contribution >= 0.6 is 0 Å². The first-order valence-corrected chi connectivity index (χ1v) is 13.7. The fourth-order valence-corrected chi connectivity index (χ4v) is 5.55. The van der Waals surface area contributed by atoms with Gasteiger partial charge in [-0.05, 0) is 51.2 Å². The summed E-state index contributed by atoms with van der Waals surface area (Å²) in [6.45, 7) is 10.7. The van der Waals surface area contributed by atoms with E-state index < -0.39 is 23.8 Å². The van der Waals surface area contributed by atoms with Crippen molar-refractivity contribution in [2.24, 2.45) is 22.7 Å². The number of ether oxygens (including phenoxy) is 1. The van der Waals surface area contributed by atoms with Crippen LogP contribution in [0.3, 0.4) is 0 Å². The van der Waals surface area contributed by atoms with Crippen molar-refractivity contribution in [1.29, 1.82) is 5.41 Å². The van der Waals surface area contributed by atoms with E-state index in [1.54, 1.807) is 6.92 Å². The molecule has 39 heavy (non-hydrogen) atoms. The molecular weight excluding hydrogens is 510 g/mol. The minimum absolute atomic E-state index is 0.0460. The van der Waals surface area contributed by atoms with Crippen molar-refractivity contribution in [3.05, 3.63) is 5.82 Å². The summed E-state index contributed by atoms with van der Waals surface area (Å²) in [7, 11) is 0. The van der Waals surface area contributed by atoms with Crippen LogP contribution < -0.4 is 15.5 Å². The molecule has 2 saturated carbocycles. The molecule has 4 rings (SSSR count). The summed E-state index contributed by atoms with van der Waals surface area (Å²) in [4.78, 5) is 28.5. The second-order valence-corrected chi connectivity index (χ2v) is 11.1. The van der Waals surface area contributed by atoms with E-state index in [4.69, 9.17) is 15.3 Å². The number of nitrogens with one attached hydrogen (secondary N) is 3. The Morgan fingerprint density at radius 2 is 2.03 bits per heavy atom. The molecule has 0 aromatic carbocycles. The number of rotatable bonds is 10.